The Bertz CT molecular complexity index is 625. The molecule has 0 aliphatic heterocycles. The number of ether oxygens (including phenoxy) is 3. The molecular formula is C20H25NO3. The van der Waals surface area contributed by atoms with Gasteiger partial charge in [0.25, 0.3) is 0 Å². The zero-order chi connectivity index (χ0) is 17.2. The second kappa shape index (κ2) is 9.63. The Morgan fingerprint density at radius 3 is 2.25 bits per heavy atom. The lowest BCUT2D eigenvalue weighted by Crippen LogP contribution is -2.02. The molecule has 2 aromatic carbocycles. The third-order valence-corrected chi connectivity index (χ3v) is 3.49. The van der Waals surface area contributed by atoms with Crippen LogP contribution in [-0.2, 0) is 11.3 Å². The second-order valence-electron chi connectivity index (χ2n) is 5.29. The predicted molar refractivity (Wildman–Crippen MR) is 97.0 cm³/mol. The molecule has 0 aliphatic carbocycles. The topological polar surface area (TPSA) is 53.7 Å². The van der Waals surface area contributed by atoms with Crippen molar-refractivity contribution in [2.75, 3.05) is 20.3 Å². The van der Waals surface area contributed by atoms with Crippen LogP contribution in [0.2, 0.25) is 0 Å². The number of benzene rings is 2. The molecule has 0 heterocycles. The maximum absolute atomic E-state index is 5.81. The number of hydrogen-bond acceptors (Lipinski definition) is 4. The Hall–Kier alpha value is -2.46. The lowest BCUT2D eigenvalue weighted by molar-refractivity contribution is 0.223. The van der Waals surface area contributed by atoms with E-state index in [9.17, 15) is 0 Å². The highest BCUT2D eigenvalue weighted by atomic mass is 16.5. The summed E-state index contributed by atoms with van der Waals surface area (Å²) in [6, 6.07) is 15.8. The summed E-state index contributed by atoms with van der Waals surface area (Å²) >= 11 is 0. The maximum Gasteiger partial charge on any atom is 0.119 e. The van der Waals surface area contributed by atoms with Gasteiger partial charge in [0.2, 0.25) is 0 Å². The van der Waals surface area contributed by atoms with E-state index < -0.39 is 0 Å². The number of rotatable bonds is 9. The third-order valence-electron chi connectivity index (χ3n) is 3.49. The van der Waals surface area contributed by atoms with Crippen molar-refractivity contribution in [1.29, 1.82) is 0 Å². The standard InChI is InChI=1S/C20H25NO3/c1-3-23-20(12-13-21)14-16-4-10-19(11-5-16)24-15-17-6-8-18(22-2)9-7-17/h4-11,14H,3,12-13,15,21H2,1-2H3. The van der Waals surface area contributed by atoms with Crippen LogP contribution in [0.4, 0.5) is 0 Å². The molecule has 4 nitrogen and oxygen atoms in total. The molecule has 2 aromatic rings. The van der Waals surface area contributed by atoms with E-state index in [2.05, 4.69) is 0 Å². The molecule has 0 spiro atoms. The van der Waals surface area contributed by atoms with Crippen LogP contribution >= 0.6 is 0 Å². The van der Waals surface area contributed by atoms with Gasteiger partial charge in [-0.25, -0.2) is 0 Å². The lowest BCUT2D eigenvalue weighted by atomic mass is 10.1. The van der Waals surface area contributed by atoms with Crippen molar-refractivity contribution in [3.8, 4) is 11.5 Å². The molecule has 0 unspecified atom stereocenters. The fourth-order valence-electron chi connectivity index (χ4n) is 2.25. The van der Waals surface area contributed by atoms with Gasteiger partial charge in [0.05, 0.1) is 19.5 Å². The largest absolute Gasteiger partial charge is 0.498 e. The Balaban J connectivity index is 1.94. The van der Waals surface area contributed by atoms with Gasteiger partial charge in [-0.05, 0) is 54.9 Å². The molecular weight excluding hydrogens is 302 g/mol. The molecule has 0 atom stereocenters. The first kappa shape index (κ1) is 17.9. The summed E-state index contributed by atoms with van der Waals surface area (Å²) in [5.41, 5.74) is 7.77. The van der Waals surface area contributed by atoms with Crippen molar-refractivity contribution in [2.24, 2.45) is 5.73 Å². The van der Waals surface area contributed by atoms with Gasteiger partial charge in [0.1, 0.15) is 18.1 Å². The van der Waals surface area contributed by atoms with Crippen LogP contribution in [0, 0.1) is 0 Å². The highest BCUT2D eigenvalue weighted by Crippen LogP contribution is 2.18. The van der Waals surface area contributed by atoms with E-state index in [4.69, 9.17) is 19.9 Å². The average Bonchev–Trinajstić information content (AvgIpc) is 2.62. The summed E-state index contributed by atoms with van der Waals surface area (Å²) in [7, 11) is 1.66. The van der Waals surface area contributed by atoms with Gasteiger partial charge >= 0.3 is 0 Å². The van der Waals surface area contributed by atoms with Crippen molar-refractivity contribution in [1.82, 2.24) is 0 Å². The SMILES string of the molecule is CCOC(=Cc1ccc(OCc2ccc(OC)cc2)cc1)CCN. The molecule has 4 heteroatoms. The molecule has 128 valence electrons. The third kappa shape index (κ3) is 5.63. The van der Waals surface area contributed by atoms with Crippen LogP contribution in [0.1, 0.15) is 24.5 Å². The first-order valence-electron chi connectivity index (χ1n) is 8.14. The quantitative estimate of drug-likeness (QED) is 0.707. The normalized spacial score (nSPS) is 11.2. The smallest absolute Gasteiger partial charge is 0.119 e. The molecule has 2 N–H and O–H groups in total. The Morgan fingerprint density at radius 2 is 1.67 bits per heavy atom. The minimum atomic E-state index is 0.524. The fraction of sp³-hybridized carbons (Fsp3) is 0.300. The molecule has 0 saturated heterocycles. The summed E-state index contributed by atoms with van der Waals surface area (Å²) in [6.45, 7) is 3.72. The van der Waals surface area contributed by atoms with Gasteiger partial charge in [0, 0.05) is 6.42 Å². The monoisotopic (exact) mass is 327 g/mol. The van der Waals surface area contributed by atoms with Crippen LogP contribution < -0.4 is 15.2 Å². The van der Waals surface area contributed by atoms with Crippen molar-refractivity contribution >= 4 is 6.08 Å². The first-order chi connectivity index (χ1) is 11.7. The summed E-state index contributed by atoms with van der Waals surface area (Å²) in [5, 5.41) is 0. The van der Waals surface area contributed by atoms with Crippen LogP contribution in [-0.4, -0.2) is 20.3 Å². The van der Waals surface area contributed by atoms with E-state index in [0.717, 1.165) is 34.8 Å². The second-order valence-corrected chi connectivity index (χ2v) is 5.29. The Kier molecular flexibility index (Phi) is 7.18. The van der Waals surface area contributed by atoms with Crippen LogP contribution in [0.25, 0.3) is 6.08 Å². The Morgan fingerprint density at radius 1 is 1.00 bits per heavy atom. The molecule has 0 fully saturated rings. The fourth-order valence-corrected chi connectivity index (χ4v) is 2.25. The van der Waals surface area contributed by atoms with E-state index in [1.165, 1.54) is 0 Å². The maximum atomic E-state index is 5.81. The van der Waals surface area contributed by atoms with Gasteiger partial charge in [-0.1, -0.05) is 24.3 Å². The molecule has 0 bridgehead atoms. The van der Waals surface area contributed by atoms with Gasteiger partial charge in [-0.3, -0.25) is 0 Å². The van der Waals surface area contributed by atoms with E-state index in [1.807, 2.05) is 61.5 Å². The predicted octanol–water partition coefficient (Wildman–Crippen LogP) is 4.00. The minimum Gasteiger partial charge on any atom is -0.498 e. The molecule has 0 saturated carbocycles. The van der Waals surface area contributed by atoms with E-state index in [-0.39, 0.29) is 0 Å². The number of nitrogens with two attached hydrogens (primary N) is 1. The van der Waals surface area contributed by atoms with Crippen LogP contribution in [0.5, 0.6) is 11.5 Å². The van der Waals surface area contributed by atoms with Crippen LogP contribution in [0.3, 0.4) is 0 Å². The number of hydrogen-bond donors (Lipinski definition) is 1. The van der Waals surface area contributed by atoms with Crippen molar-refractivity contribution < 1.29 is 14.2 Å². The molecule has 0 amide bonds. The van der Waals surface area contributed by atoms with E-state index >= 15 is 0 Å². The zero-order valence-electron chi connectivity index (χ0n) is 14.3. The molecule has 0 aromatic heterocycles. The molecule has 2 rings (SSSR count). The summed E-state index contributed by atoms with van der Waals surface area (Å²) in [6.07, 6.45) is 2.76. The van der Waals surface area contributed by atoms with Gasteiger partial charge in [-0.15, -0.1) is 0 Å². The van der Waals surface area contributed by atoms with E-state index in [0.29, 0.717) is 19.8 Å². The summed E-state index contributed by atoms with van der Waals surface area (Å²) in [5.74, 6) is 2.59. The highest BCUT2D eigenvalue weighted by molar-refractivity contribution is 5.52. The van der Waals surface area contributed by atoms with Crippen molar-refractivity contribution in [2.45, 2.75) is 20.0 Å². The first-order valence-corrected chi connectivity index (χ1v) is 8.14. The molecule has 24 heavy (non-hydrogen) atoms. The Labute approximate surface area is 143 Å². The average molecular weight is 327 g/mol. The number of methoxy groups -OCH3 is 1. The van der Waals surface area contributed by atoms with Gasteiger partial charge < -0.3 is 19.9 Å². The highest BCUT2D eigenvalue weighted by Gasteiger charge is 2.00. The molecule has 0 aliphatic rings. The van der Waals surface area contributed by atoms with E-state index in [1.54, 1.807) is 7.11 Å². The van der Waals surface area contributed by atoms with Crippen molar-refractivity contribution in [3.05, 3.63) is 65.4 Å². The lowest BCUT2D eigenvalue weighted by Gasteiger charge is -2.09. The van der Waals surface area contributed by atoms with Crippen molar-refractivity contribution in [3.63, 3.8) is 0 Å². The van der Waals surface area contributed by atoms with Crippen LogP contribution in [0.15, 0.2) is 54.3 Å². The summed E-state index contributed by atoms with van der Waals surface area (Å²) in [4.78, 5) is 0. The summed E-state index contributed by atoms with van der Waals surface area (Å²) < 4.78 is 16.5. The van der Waals surface area contributed by atoms with Gasteiger partial charge in [0.15, 0.2) is 0 Å². The zero-order valence-corrected chi connectivity index (χ0v) is 14.3. The minimum absolute atomic E-state index is 0.524. The molecule has 0 radical (unpaired) electrons. The van der Waals surface area contributed by atoms with Gasteiger partial charge in [-0.2, -0.15) is 0 Å².